The number of nitrogens with one attached hydrogen (secondary N) is 1. The van der Waals surface area contributed by atoms with Crippen LogP contribution in [0.15, 0.2) is 18.2 Å². The Morgan fingerprint density at radius 1 is 1.19 bits per heavy atom. The number of rotatable bonds is 5. The van der Waals surface area contributed by atoms with Crippen molar-refractivity contribution in [1.29, 1.82) is 0 Å². The fraction of sp³-hybridized carbons (Fsp3) is 0.667. The molecule has 3 atom stereocenters. The molecular formula is C18H26FNO. The predicted molar refractivity (Wildman–Crippen MR) is 83.0 cm³/mol. The van der Waals surface area contributed by atoms with E-state index in [1.165, 1.54) is 45.6 Å². The van der Waals surface area contributed by atoms with E-state index in [4.69, 9.17) is 4.74 Å². The largest absolute Gasteiger partial charge is 0.494 e. The highest BCUT2D eigenvalue weighted by atomic mass is 19.1. The maximum atomic E-state index is 13.8. The first-order chi connectivity index (χ1) is 10.2. The third-order valence-corrected chi connectivity index (χ3v) is 5.16. The minimum absolute atomic E-state index is 0.188. The molecule has 0 bridgehead atoms. The van der Waals surface area contributed by atoms with Gasteiger partial charge in [0, 0.05) is 12.1 Å². The molecule has 1 aromatic rings. The molecule has 0 radical (unpaired) electrons. The summed E-state index contributed by atoms with van der Waals surface area (Å²) in [6, 6.07) is 6.05. The van der Waals surface area contributed by atoms with Gasteiger partial charge in [-0.05, 0) is 62.1 Å². The van der Waals surface area contributed by atoms with Gasteiger partial charge in [0.1, 0.15) is 0 Å². The van der Waals surface area contributed by atoms with Crippen molar-refractivity contribution >= 4 is 0 Å². The summed E-state index contributed by atoms with van der Waals surface area (Å²) >= 11 is 0. The van der Waals surface area contributed by atoms with Gasteiger partial charge in [0.15, 0.2) is 11.6 Å². The number of benzene rings is 1. The van der Waals surface area contributed by atoms with Crippen LogP contribution in [0.2, 0.25) is 0 Å². The van der Waals surface area contributed by atoms with Crippen LogP contribution in [0, 0.1) is 17.7 Å². The quantitative estimate of drug-likeness (QED) is 0.865. The Hall–Kier alpha value is -1.09. The normalized spacial score (nSPS) is 27.4. The SMILES string of the molecule is COc1ccc(C(C)NC2CCCC(C3CC3)C2)cc1F. The molecule has 0 heterocycles. The highest BCUT2D eigenvalue weighted by Gasteiger charge is 2.34. The molecule has 2 fully saturated rings. The smallest absolute Gasteiger partial charge is 0.165 e. The molecule has 2 aliphatic carbocycles. The van der Waals surface area contributed by atoms with Crippen molar-refractivity contribution in [3.05, 3.63) is 29.6 Å². The Bertz CT molecular complexity index is 486. The first kappa shape index (κ1) is 14.8. The van der Waals surface area contributed by atoms with Gasteiger partial charge in [-0.1, -0.05) is 18.9 Å². The van der Waals surface area contributed by atoms with Crippen molar-refractivity contribution in [3.8, 4) is 5.75 Å². The molecule has 1 N–H and O–H groups in total. The number of methoxy groups -OCH3 is 1. The third-order valence-electron chi connectivity index (χ3n) is 5.16. The van der Waals surface area contributed by atoms with E-state index in [-0.39, 0.29) is 11.9 Å². The molecule has 116 valence electrons. The zero-order valence-corrected chi connectivity index (χ0v) is 13.1. The summed E-state index contributed by atoms with van der Waals surface area (Å²) in [5, 5.41) is 3.70. The van der Waals surface area contributed by atoms with Gasteiger partial charge in [-0.3, -0.25) is 0 Å². The second-order valence-electron chi connectivity index (χ2n) is 6.74. The summed E-state index contributed by atoms with van der Waals surface area (Å²) in [6.07, 6.45) is 8.18. The van der Waals surface area contributed by atoms with Crippen molar-refractivity contribution in [1.82, 2.24) is 5.32 Å². The van der Waals surface area contributed by atoms with Crippen LogP contribution in [0.5, 0.6) is 5.75 Å². The zero-order chi connectivity index (χ0) is 14.8. The minimum atomic E-state index is -0.275. The van der Waals surface area contributed by atoms with Gasteiger partial charge in [-0.2, -0.15) is 0 Å². The predicted octanol–water partition coefficient (Wildman–Crippen LogP) is 4.45. The lowest BCUT2D eigenvalue weighted by Crippen LogP contribution is -2.36. The van der Waals surface area contributed by atoms with Crippen molar-refractivity contribution in [3.63, 3.8) is 0 Å². The molecular weight excluding hydrogens is 265 g/mol. The van der Waals surface area contributed by atoms with Crippen molar-refractivity contribution < 1.29 is 9.13 Å². The summed E-state index contributed by atoms with van der Waals surface area (Å²) in [7, 11) is 1.50. The Morgan fingerprint density at radius 2 is 2.00 bits per heavy atom. The van der Waals surface area contributed by atoms with Crippen LogP contribution in [-0.4, -0.2) is 13.2 Å². The molecule has 3 rings (SSSR count). The molecule has 0 saturated heterocycles. The lowest BCUT2D eigenvalue weighted by molar-refractivity contribution is 0.249. The van der Waals surface area contributed by atoms with E-state index in [0.717, 1.165) is 17.4 Å². The van der Waals surface area contributed by atoms with E-state index in [0.29, 0.717) is 11.8 Å². The second-order valence-corrected chi connectivity index (χ2v) is 6.74. The first-order valence-corrected chi connectivity index (χ1v) is 8.27. The Labute approximate surface area is 127 Å². The van der Waals surface area contributed by atoms with Crippen LogP contribution in [-0.2, 0) is 0 Å². The van der Waals surface area contributed by atoms with E-state index >= 15 is 0 Å². The van der Waals surface area contributed by atoms with Gasteiger partial charge >= 0.3 is 0 Å². The standard InChI is InChI=1S/C18H26FNO/c1-12(14-8-9-18(21-2)17(19)11-14)20-16-5-3-4-15(10-16)13-6-7-13/h8-9,11-13,15-16,20H,3-7,10H2,1-2H3. The van der Waals surface area contributed by atoms with E-state index in [9.17, 15) is 4.39 Å². The Balaban J connectivity index is 1.59. The fourth-order valence-corrected chi connectivity index (χ4v) is 3.78. The van der Waals surface area contributed by atoms with Crippen LogP contribution in [0.1, 0.15) is 57.1 Å². The van der Waals surface area contributed by atoms with Gasteiger partial charge in [0.05, 0.1) is 7.11 Å². The molecule has 0 amide bonds. The first-order valence-electron chi connectivity index (χ1n) is 8.27. The highest BCUT2D eigenvalue weighted by Crippen LogP contribution is 2.44. The minimum Gasteiger partial charge on any atom is -0.494 e. The topological polar surface area (TPSA) is 21.3 Å². The van der Waals surface area contributed by atoms with E-state index in [1.807, 2.05) is 6.07 Å². The van der Waals surface area contributed by atoms with E-state index in [1.54, 1.807) is 12.1 Å². The van der Waals surface area contributed by atoms with Crippen LogP contribution in [0.4, 0.5) is 4.39 Å². The fourth-order valence-electron chi connectivity index (χ4n) is 3.78. The molecule has 2 aliphatic rings. The Morgan fingerprint density at radius 3 is 2.67 bits per heavy atom. The molecule has 2 nitrogen and oxygen atoms in total. The molecule has 21 heavy (non-hydrogen) atoms. The molecule has 2 saturated carbocycles. The van der Waals surface area contributed by atoms with Gasteiger partial charge in [0.2, 0.25) is 0 Å². The zero-order valence-electron chi connectivity index (χ0n) is 13.1. The maximum Gasteiger partial charge on any atom is 0.165 e. The van der Waals surface area contributed by atoms with Crippen LogP contribution >= 0.6 is 0 Å². The van der Waals surface area contributed by atoms with Crippen LogP contribution in [0.3, 0.4) is 0 Å². The van der Waals surface area contributed by atoms with E-state index < -0.39 is 0 Å². The molecule has 0 spiro atoms. The third kappa shape index (κ3) is 3.57. The molecule has 3 unspecified atom stereocenters. The molecule has 1 aromatic carbocycles. The second kappa shape index (κ2) is 6.35. The lowest BCUT2D eigenvalue weighted by Gasteiger charge is -2.32. The lowest BCUT2D eigenvalue weighted by atomic mass is 9.82. The molecule has 0 aliphatic heterocycles. The van der Waals surface area contributed by atoms with Gasteiger partial charge in [-0.25, -0.2) is 4.39 Å². The summed E-state index contributed by atoms with van der Waals surface area (Å²) in [4.78, 5) is 0. The van der Waals surface area contributed by atoms with Crippen molar-refractivity contribution in [2.45, 2.75) is 57.5 Å². The summed E-state index contributed by atoms with van der Waals surface area (Å²) < 4.78 is 18.8. The highest BCUT2D eigenvalue weighted by molar-refractivity contribution is 5.30. The molecule has 0 aromatic heterocycles. The maximum absolute atomic E-state index is 13.8. The van der Waals surface area contributed by atoms with Crippen LogP contribution < -0.4 is 10.1 Å². The molecule has 3 heteroatoms. The monoisotopic (exact) mass is 291 g/mol. The van der Waals surface area contributed by atoms with Gasteiger partial charge in [-0.15, -0.1) is 0 Å². The van der Waals surface area contributed by atoms with Gasteiger partial charge in [0.25, 0.3) is 0 Å². The summed E-state index contributed by atoms with van der Waals surface area (Å²) in [6.45, 7) is 2.13. The van der Waals surface area contributed by atoms with E-state index in [2.05, 4.69) is 12.2 Å². The Kier molecular flexibility index (Phi) is 4.48. The number of hydrogen-bond donors (Lipinski definition) is 1. The average molecular weight is 291 g/mol. The van der Waals surface area contributed by atoms with Crippen molar-refractivity contribution in [2.24, 2.45) is 11.8 Å². The number of halogens is 1. The van der Waals surface area contributed by atoms with Crippen LogP contribution in [0.25, 0.3) is 0 Å². The van der Waals surface area contributed by atoms with Crippen molar-refractivity contribution in [2.75, 3.05) is 7.11 Å². The average Bonchev–Trinajstić information content (AvgIpc) is 3.32. The summed E-state index contributed by atoms with van der Waals surface area (Å²) in [5.41, 5.74) is 1.00. The summed E-state index contributed by atoms with van der Waals surface area (Å²) in [5.74, 6) is 1.97. The number of ether oxygens (including phenoxy) is 1. The van der Waals surface area contributed by atoms with Gasteiger partial charge < -0.3 is 10.1 Å². The number of hydrogen-bond acceptors (Lipinski definition) is 2.